The summed E-state index contributed by atoms with van der Waals surface area (Å²) in [4.78, 5) is 18.4. The molecule has 0 radical (unpaired) electrons. The second-order valence-corrected chi connectivity index (χ2v) is 6.73. The number of nitrogens with one attached hydrogen (secondary N) is 1. The zero-order chi connectivity index (χ0) is 22.5. The molecule has 0 saturated heterocycles. The molecule has 162 valence electrons. The molecule has 1 amide bonds. The molecule has 0 aromatic heterocycles. The summed E-state index contributed by atoms with van der Waals surface area (Å²) in [5, 5.41) is 2.17. The number of hydrogen-bond donors (Lipinski definition) is 1. The summed E-state index contributed by atoms with van der Waals surface area (Å²) >= 11 is 0. The van der Waals surface area contributed by atoms with Crippen LogP contribution in [0, 0.1) is 19.7 Å². The summed E-state index contributed by atoms with van der Waals surface area (Å²) in [6.07, 6.45) is -4.04. The van der Waals surface area contributed by atoms with Crippen LogP contribution in [-0.4, -0.2) is 30.9 Å². The van der Waals surface area contributed by atoms with Gasteiger partial charge in [0.15, 0.2) is 0 Å². The third-order valence-electron chi connectivity index (χ3n) is 4.42. The van der Waals surface area contributed by atoms with E-state index in [2.05, 4.69) is 10.3 Å². The number of ether oxygens (including phenoxy) is 1. The normalized spacial score (nSPS) is 11.6. The number of hydrogen-bond acceptors (Lipinski definition) is 3. The van der Waals surface area contributed by atoms with E-state index >= 15 is 0 Å². The second-order valence-electron chi connectivity index (χ2n) is 6.73. The van der Waals surface area contributed by atoms with Crippen molar-refractivity contribution in [2.75, 3.05) is 13.6 Å². The number of carbonyl (C=O) groups is 1. The maximum absolute atomic E-state index is 13.9. The van der Waals surface area contributed by atoms with E-state index in [1.807, 2.05) is 18.9 Å². The Bertz CT molecular complexity index is 943. The highest BCUT2D eigenvalue weighted by Crippen LogP contribution is 2.33. The van der Waals surface area contributed by atoms with Crippen molar-refractivity contribution in [1.29, 1.82) is 0 Å². The summed E-state index contributed by atoms with van der Waals surface area (Å²) < 4.78 is 58.2. The Kier molecular flexibility index (Phi) is 7.42. The molecule has 2 rings (SSSR count). The van der Waals surface area contributed by atoms with Crippen LogP contribution < -0.4 is 10.1 Å². The van der Waals surface area contributed by atoms with E-state index in [4.69, 9.17) is 4.74 Å². The summed E-state index contributed by atoms with van der Waals surface area (Å²) in [7, 11) is 1.88. The minimum absolute atomic E-state index is 0.234. The van der Waals surface area contributed by atoms with E-state index in [9.17, 15) is 22.4 Å². The maximum Gasteiger partial charge on any atom is 0.416 e. The van der Waals surface area contributed by atoms with Crippen molar-refractivity contribution in [2.24, 2.45) is 4.99 Å². The lowest BCUT2D eigenvalue weighted by molar-refractivity contribution is -0.138. The largest absolute Gasteiger partial charge is 0.416 e. The van der Waals surface area contributed by atoms with Crippen molar-refractivity contribution in [3.05, 3.63) is 58.4 Å². The fourth-order valence-electron chi connectivity index (χ4n) is 2.57. The molecule has 0 aliphatic rings. The third-order valence-corrected chi connectivity index (χ3v) is 4.42. The average molecular weight is 425 g/mol. The highest BCUT2D eigenvalue weighted by molar-refractivity contribution is 5.72. The number of aliphatic imine (C=N–C) groups is 1. The Morgan fingerprint density at radius 2 is 1.93 bits per heavy atom. The van der Waals surface area contributed by atoms with Crippen molar-refractivity contribution in [3.8, 4) is 5.75 Å². The quantitative estimate of drug-likeness (QED) is 0.385. The minimum atomic E-state index is -4.74. The molecule has 0 aliphatic heterocycles. The predicted molar refractivity (Wildman–Crippen MR) is 107 cm³/mol. The molecular formula is C21H23F4N3O2. The zero-order valence-electron chi connectivity index (χ0n) is 17.1. The molecule has 9 heteroatoms. The lowest BCUT2D eigenvalue weighted by atomic mass is 10.1. The zero-order valence-corrected chi connectivity index (χ0v) is 17.1. The maximum atomic E-state index is 13.9. The Labute approximate surface area is 172 Å². The second kappa shape index (κ2) is 9.60. The van der Waals surface area contributed by atoms with Gasteiger partial charge in [-0.1, -0.05) is 6.07 Å². The van der Waals surface area contributed by atoms with Gasteiger partial charge < -0.3 is 15.0 Å². The minimum Gasteiger partial charge on any atom is -0.410 e. The van der Waals surface area contributed by atoms with Crippen molar-refractivity contribution in [3.63, 3.8) is 0 Å². The molecule has 0 unspecified atom stereocenters. The highest BCUT2D eigenvalue weighted by Gasteiger charge is 2.34. The Hall–Kier alpha value is -3.10. The molecule has 5 nitrogen and oxygen atoms in total. The number of amides is 1. The van der Waals surface area contributed by atoms with Gasteiger partial charge in [-0.15, -0.1) is 0 Å². The summed E-state index contributed by atoms with van der Waals surface area (Å²) in [6.45, 7) is 5.62. The molecule has 2 aromatic rings. The molecule has 0 fully saturated rings. The number of benzene rings is 2. The van der Waals surface area contributed by atoms with E-state index < -0.39 is 35.8 Å². The first-order chi connectivity index (χ1) is 14.0. The van der Waals surface area contributed by atoms with Crippen LogP contribution in [0.25, 0.3) is 0 Å². The van der Waals surface area contributed by atoms with Crippen LogP contribution in [0.1, 0.15) is 29.2 Å². The van der Waals surface area contributed by atoms with Crippen LogP contribution in [0.2, 0.25) is 0 Å². The van der Waals surface area contributed by atoms with Gasteiger partial charge in [-0.3, -0.25) is 0 Å². The van der Waals surface area contributed by atoms with Gasteiger partial charge in [0.2, 0.25) is 0 Å². The summed E-state index contributed by atoms with van der Waals surface area (Å²) in [5.41, 5.74) is 0.261. The van der Waals surface area contributed by atoms with Gasteiger partial charge in [-0.2, -0.15) is 13.2 Å². The topological polar surface area (TPSA) is 53.9 Å². The van der Waals surface area contributed by atoms with Crippen LogP contribution in [0.3, 0.4) is 0 Å². The van der Waals surface area contributed by atoms with E-state index in [0.717, 1.165) is 30.3 Å². The molecule has 0 bridgehead atoms. The first kappa shape index (κ1) is 23.2. The molecule has 0 saturated carbocycles. The van der Waals surface area contributed by atoms with Gasteiger partial charge in [0, 0.05) is 25.7 Å². The molecule has 1 N–H and O–H groups in total. The van der Waals surface area contributed by atoms with Crippen molar-refractivity contribution in [2.45, 2.75) is 33.5 Å². The summed E-state index contributed by atoms with van der Waals surface area (Å²) in [5.74, 6) is -0.825. The number of halogens is 4. The van der Waals surface area contributed by atoms with Crippen LogP contribution in [-0.2, 0) is 12.7 Å². The standard InChI is InChI=1S/C21H23F4N3O2/c1-5-28(4)12-27-18-9-14(3)19(10-13(18)2)30-20(29)26-11-15-16(21(23,24)25)7-6-8-17(15)22/h6-10,12H,5,11H2,1-4H3,(H,26,29). The third kappa shape index (κ3) is 5.95. The molecular weight excluding hydrogens is 402 g/mol. The van der Waals surface area contributed by atoms with Gasteiger partial charge in [-0.05, 0) is 56.2 Å². The van der Waals surface area contributed by atoms with Crippen molar-refractivity contribution >= 4 is 18.1 Å². The molecule has 0 heterocycles. The van der Waals surface area contributed by atoms with E-state index in [1.54, 1.807) is 32.3 Å². The molecule has 0 atom stereocenters. The molecule has 0 aliphatic carbocycles. The fraction of sp³-hybridized carbons (Fsp3) is 0.333. The van der Waals surface area contributed by atoms with E-state index in [-0.39, 0.29) is 5.75 Å². The number of nitrogens with zero attached hydrogens (tertiary/aromatic N) is 2. The van der Waals surface area contributed by atoms with Crippen LogP contribution in [0.5, 0.6) is 5.75 Å². The monoisotopic (exact) mass is 425 g/mol. The summed E-state index contributed by atoms with van der Waals surface area (Å²) in [6, 6.07) is 5.97. The number of alkyl halides is 3. The van der Waals surface area contributed by atoms with Crippen molar-refractivity contribution < 1.29 is 27.1 Å². The molecule has 30 heavy (non-hydrogen) atoms. The van der Waals surface area contributed by atoms with Gasteiger partial charge in [0.25, 0.3) is 0 Å². The predicted octanol–water partition coefficient (Wildman–Crippen LogP) is 5.36. The van der Waals surface area contributed by atoms with Crippen LogP contribution in [0.15, 0.2) is 35.3 Å². The first-order valence-electron chi connectivity index (χ1n) is 9.18. The van der Waals surface area contributed by atoms with Gasteiger partial charge in [0.1, 0.15) is 11.6 Å². The number of aryl methyl sites for hydroxylation is 2. The average Bonchev–Trinajstić information content (AvgIpc) is 2.67. The van der Waals surface area contributed by atoms with Gasteiger partial charge in [0.05, 0.1) is 17.6 Å². The number of rotatable bonds is 6. The number of carbonyl (C=O) groups excluding carboxylic acids is 1. The van der Waals surface area contributed by atoms with E-state index in [0.29, 0.717) is 11.3 Å². The van der Waals surface area contributed by atoms with Crippen molar-refractivity contribution in [1.82, 2.24) is 10.2 Å². The smallest absolute Gasteiger partial charge is 0.410 e. The Morgan fingerprint density at radius 3 is 2.57 bits per heavy atom. The first-order valence-corrected chi connectivity index (χ1v) is 9.18. The fourth-order valence-corrected chi connectivity index (χ4v) is 2.57. The molecule has 2 aromatic carbocycles. The van der Waals surface area contributed by atoms with Crippen LogP contribution in [0.4, 0.5) is 28.0 Å². The van der Waals surface area contributed by atoms with Crippen LogP contribution >= 0.6 is 0 Å². The highest BCUT2D eigenvalue weighted by atomic mass is 19.4. The Balaban J connectivity index is 2.11. The van der Waals surface area contributed by atoms with Gasteiger partial charge >= 0.3 is 12.3 Å². The molecule has 0 spiro atoms. The Morgan fingerprint density at radius 1 is 1.23 bits per heavy atom. The van der Waals surface area contributed by atoms with Gasteiger partial charge in [-0.25, -0.2) is 14.2 Å². The van der Waals surface area contributed by atoms with E-state index in [1.165, 1.54) is 0 Å². The lowest BCUT2D eigenvalue weighted by Crippen LogP contribution is -2.28. The SMILES string of the molecule is CCN(C)C=Nc1cc(C)c(OC(=O)NCc2c(F)cccc2C(F)(F)F)cc1C. The lowest BCUT2D eigenvalue weighted by Gasteiger charge is -2.15.